The van der Waals surface area contributed by atoms with Gasteiger partial charge in [-0.1, -0.05) is 13.0 Å². The van der Waals surface area contributed by atoms with Crippen molar-refractivity contribution < 1.29 is 9.50 Å². The molecular weight excluding hydrogens is 217 g/mol. The van der Waals surface area contributed by atoms with Crippen LogP contribution in [0.4, 0.5) is 4.39 Å². The zero-order chi connectivity index (χ0) is 12.5. The molecule has 0 spiro atoms. The lowest BCUT2D eigenvalue weighted by Gasteiger charge is -2.24. The predicted octanol–water partition coefficient (Wildman–Crippen LogP) is 2.56. The van der Waals surface area contributed by atoms with Gasteiger partial charge in [0.05, 0.1) is 5.60 Å². The molecule has 1 aliphatic carbocycles. The maximum absolute atomic E-state index is 13.1. The quantitative estimate of drug-likeness (QED) is 0.843. The predicted molar refractivity (Wildman–Crippen MR) is 66.4 cm³/mol. The molecule has 0 radical (unpaired) electrons. The van der Waals surface area contributed by atoms with Gasteiger partial charge in [-0.15, -0.1) is 0 Å². The molecule has 0 aromatic heterocycles. The molecule has 1 aromatic rings. The lowest BCUT2D eigenvalue weighted by Crippen LogP contribution is -2.38. The van der Waals surface area contributed by atoms with E-state index < -0.39 is 5.60 Å². The summed E-state index contributed by atoms with van der Waals surface area (Å²) in [6.07, 6.45) is 2.63. The number of hydrogen-bond donors (Lipinski definition) is 2. The van der Waals surface area contributed by atoms with Crippen LogP contribution in [-0.4, -0.2) is 17.3 Å². The van der Waals surface area contributed by atoms with Gasteiger partial charge in [-0.3, -0.25) is 0 Å². The summed E-state index contributed by atoms with van der Waals surface area (Å²) in [6, 6.07) is 5.24. The molecule has 2 rings (SSSR count). The summed E-state index contributed by atoms with van der Waals surface area (Å²) >= 11 is 0. The van der Waals surface area contributed by atoms with Crippen molar-refractivity contribution in [3.63, 3.8) is 0 Å². The molecule has 0 saturated carbocycles. The Balaban J connectivity index is 2.03. The molecule has 17 heavy (non-hydrogen) atoms. The van der Waals surface area contributed by atoms with Crippen molar-refractivity contribution in [2.75, 3.05) is 6.54 Å². The molecular formula is C14H20FNO. The minimum Gasteiger partial charge on any atom is -0.389 e. The Morgan fingerprint density at radius 1 is 1.53 bits per heavy atom. The molecule has 3 heteroatoms. The fourth-order valence-corrected chi connectivity index (χ4v) is 2.27. The van der Waals surface area contributed by atoms with E-state index in [0.29, 0.717) is 6.54 Å². The molecule has 0 bridgehead atoms. The maximum atomic E-state index is 13.1. The number of rotatable bonds is 4. The average molecular weight is 237 g/mol. The van der Waals surface area contributed by atoms with Crippen molar-refractivity contribution in [2.45, 2.75) is 44.8 Å². The molecule has 1 aromatic carbocycles. The zero-order valence-corrected chi connectivity index (χ0v) is 10.5. The normalized spacial score (nSPS) is 22.2. The second-order valence-corrected chi connectivity index (χ2v) is 5.17. The SMILES string of the molecule is CCC(C)(O)CNC1CCc2cc(F)ccc21. The van der Waals surface area contributed by atoms with E-state index in [1.165, 1.54) is 11.6 Å². The van der Waals surface area contributed by atoms with E-state index in [2.05, 4.69) is 5.32 Å². The van der Waals surface area contributed by atoms with Gasteiger partial charge >= 0.3 is 0 Å². The molecule has 0 heterocycles. The molecule has 2 N–H and O–H groups in total. The first kappa shape index (κ1) is 12.5. The largest absolute Gasteiger partial charge is 0.389 e. The van der Waals surface area contributed by atoms with Crippen LogP contribution in [0.5, 0.6) is 0 Å². The van der Waals surface area contributed by atoms with Gasteiger partial charge in [0.1, 0.15) is 5.82 Å². The lowest BCUT2D eigenvalue weighted by molar-refractivity contribution is 0.0528. The Bertz CT molecular complexity index is 403. The highest BCUT2D eigenvalue weighted by molar-refractivity contribution is 5.34. The topological polar surface area (TPSA) is 32.3 Å². The smallest absolute Gasteiger partial charge is 0.123 e. The summed E-state index contributed by atoms with van der Waals surface area (Å²) in [7, 11) is 0. The lowest BCUT2D eigenvalue weighted by atomic mass is 10.0. The summed E-state index contributed by atoms with van der Waals surface area (Å²) in [4.78, 5) is 0. The van der Waals surface area contributed by atoms with Gasteiger partial charge in [0.2, 0.25) is 0 Å². The number of halogens is 1. The molecule has 94 valence electrons. The van der Waals surface area contributed by atoms with Crippen LogP contribution in [0.2, 0.25) is 0 Å². The van der Waals surface area contributed by atoms with Gasteiger partial charge in [-0.25, -0.2) is 4.39 Å². The van der Waals surface area contributed by atoms with E-state index in [-0.39, 0.29) is 11.9 Å². The van der Waals surface area contributed by atoms with Crippen LogP contribution in [0.15, 0.2) is 18.2 Å². The third-order valence-electron chi connectivity index (χ3n) is 3.67. The minimum atomic E-state index is -0.664. The second-order valence-electron chi connectivity index (χ2n) is 5.17. The number of aryl methyl sites for hydroxylation is 1. The summed E-state index contributed by atoms with van der Waals surface area (Å²) in [5.41, 5.74) is 1.61. The number of aliphatic hydroxyl groups is 1. The van der Waals surface area contributed by atoms with E-state index in [9.17, 15) is 9.50 Å². The Kier molecular flexibility index (Phi) is 3.50. The molecule has 0 fully saturated rings. The van der Waals surface area contributed by atoms with Gasteiger partial charge < -0.3 is 10.4 Å². The highest BCUT2D eigenvalue weighted by Crippen LogP contribution is 2.31. The van der Waals surface area contributed by atoms with Crippen molar-refractivity contribution in [1.29, 1.82) is 0 Å². The molecule has 0 saturated heterocycles. The molecule has 0 amide bonds. The van der Waals surface area contributed by atoms with E-state index in [0.717, 1.165) is 24.8 Å². The van der Waals surface area contributed by atoms with E-state index in [4.69, 9.17) is 0 Å². The molecule has 0 aliphatic heterocycles. The number of hydrogen-bond acceptors (Lipinski definition) is 2. The van der Waals surface area contributed by atoms with Crippen LogP contribution in [0.3, 0.4) is 0 Å². The van der Waals surface area contributed by atoms with E-state index in [1.807, 2.05) is 19.9 Å². The van der Waals surface area contributed by atoms with Gasteiger partial charge in [-0.05, 0) is 49.4 Å². The standard InChI is InChI=1S/C14H20FNO/c1-3-14(2,17)9-16-13-7-4-10-8-11(15)5-6-12(10)13/h5-6,8,13,16-17H,3-4,7,9H2,1-2H3. The minimum absolute atomic E-state index is 0.162. The van der Waals surface area contributed by atoms with Gasteiger partial charge in [0, 0.05) is 12.6 Å². The van der Waals surface area contributed by atoms with E-state index in [1.54, 1.807) is 6.07 Å². The highest BCUT2D eigenvalue weighted by atomic mass is 19.1. The van der Waals surface area contributed by atoms with Crippen molar-refractivity contribution in [3.8, 4) is 0 Å². The first-order valence-electron chi connectivity index (χ1n) is 6.26. The first-order chi connectivity index (χ1) is 8.02. The van der Waals surface area contributed by atoms with Crippen molar-refractivity contribution in [3.05, 3.63) is 35.1 Å². The highest BCUT2D eigenvalue weighted by Gasteiger charge is 2.25. The van der Waals surface area contributed by atoms with Crippen LogP contribution in [0.25, 0.3) is 0 Å². The maximum Gasteiger partial charge on any atom is 0.123 e. The van der Waals surface area contributed by atoms with Gasteiger partial charge in [0.25, 0.3) is 0 Å². The number of benzene rings is 1. The van der Waals surface area contributed by atoms with Crippen LogP contribution in [-0.2, 0) is 6.42 Å². The number of nitrogens with one attached hydrogen (secondary N) is 1. The fourth-order valence-electron chi connectivity index (χ4n) is 2.27. The summed E-state index contributed by atoms with van der Waals surface area (Å²) < 4.78 is 13.1. The van der Waals surface area contributed by atoms with Crippen molar-refractivity contribution in [1.82, 2.24) is 5.32 Å². The van der Waals surface area contributed by atoms with Crippen LogP contribution < -0.4 is 5.32 Å². The van der Waals surface area contributed by atoms with Crippen molar-refractivity contribution in [2.24, 2.45) is 0 Å². The van der Waals surface area contributed by atoms with Crippen LogP contribution in [0, 0.1) is 5.82 Å². The molecule has 1 aliphatic rings. The molecule has 2 nitrogen and oxygen atoms in total. The fraction of sp³-hybridized carbons (Fsp3) is 0.571. The third-order valence-corrected chi connectivity index (χ3v) is 3.67. The molecule has 2 atom stereocenters. The Hall–Kier alpha value is -0.930. The average Bonchev–Trinajstić information content (AvgIpc) is 2.69. The zero-order valence-electron chi connectivity index (χ0n) is 10.5. The monoisotopic (exact) mass is 237 g/mol. The Labute approximate surface area is 102 Å². The molecule has 2 unspecified atom stereocenters. The number of fused-ring (bicyclic) bond motifs is 1. The summed E-state index contributed by atoms with van der Waals surface area (Å²) in [5, 5.41) is 13.3. The Morgan fingerprint density at radius 3 is 3.00 bits per heavy atom. The summed E-state index contributed by atoms with van der Waals surface area (Å²) in [5.74, 6) is -0.162. The van der Waals surface area contributed by atoms with Gasteiger partial charge in [-0.2, -0.15) is 0 Å². The third kappa shape index (κ3) is 2.85. The Morgan fingerprint density at radius 2 is 2.29 bits per heavy atom. The van der Waals surface area contributed by atoms with Gasteiger partial charge in [0.15, 0.2) is 0 Å². The second kappa shape index (κ2) is 4.75. The van der Waals surface area contributed by atoms with Crippen LogP contribution in [0.1, 0.15) is 43.9 Å². The first-order valence-corrected chi connectivity index (χ1v) is 6.26. The van der Waals surface area contributed by atoms with Crippen LogP contribution >= 0.6 is 0 Å². The van der Waals surface area contributed by atoms with E-state index >= 15 is 0 Å². The van der Waals surface area contributed by atoms with Crippen molar-refractivity contribution >= 4 is 0 Å². The summed E-state index contributed by atoms with van der Waals surface area (Å²) in [6.45, 7) is 4.38.